The SMILES string of the molecule is COc1ccc(-n2nc(C(C)O)cc2-c2ccc(C)c(F)c2)cc1. The van der Waals surface area contributed by atoms with E-state index in [1.54, 1.807) is 37.8 Å². The summed E-state index contributed by atoms with van der Waals surface area (Å²) in [7, 11) is 1.61. The first-order valence-electron chi connectivity index (χ1n) is 7.68. The van der Waals surface area contributed by atoms with Gasteiger partial charge in [0.25, 0.3) is 0 Å². The number of aliphatic hydroxyl groups excluding tert-OH is 1. The van der Waals surface area contributed by atoms with Crippen molar-refractivity contribution in [1.29, 1.82) is 0 Å². The second-order valence-electron chi connectivity index (χ2n) is 5.70. The molecular formula is C19H19FN2O2. The maximum absolute atomic E-state index is 14.0. The van der Waals surface area contributed by atoms with Gasteiger partial charge in [0.05, 0.1) is 30.3 Å². The highest BCUT2D eigenvalue weighted by atomic mass is 19.1. The van der Waals surface area contributed by atoms with Crippen LogP contribution >= 0.6 is 0 Å². The monoisotopic (exact) mass is 326 g/mol. The van der Waals surface area contributed by atoms with Gasteiger partial charge < -0.3 is 9.84 Å². The average molecular weight is 326 g/mol. The molecule has 0 fully saturated rings. The molecule has 1 N–H and O–H groups in total. The Hall–Kier alpha value is -2.66. The summed E-state index contributed by atoms with van der Waals surface area (Å²) in [5, 5.41) is 14.3. The van der Waals surface area contributed by atoms with Gasteiger partial charge in [-0.1, -0.05) is 12.1 Å². The Bertz CT molecular complexity index is 854. The van der Waals surface area contributed by atoms with E-state index in [1.807, 2.05) is 30.3 Å². The first kappa shape index (κ1) is 16.2. The summed E-state index contributed by atoms with van der Waals surface area (Å²) in [6.45, 7) is 3.38. The number of hydrogen-bond donors (Lipinski definition) is 1. The number of nitrogens with zero attached hydrogens (tertiary/aromatic N) is 2. The van der Waals surface area contributed by atoms with Crippen molar-refractivity contribution in [2.75, 3.05) is 7.11 Å². The van der Waals surface area contributed by atoms with Gasteiger partial charge in [-0.05, 0) is 55.8 Å². The Morgan fingerprint density at radius 3 is 2.42 bits per heavy atom. The van der Waals surface area contributed by atoms with Crippen LogP contribution in [0.2, 0.25) is 0 Å². The van der Waals surface area contributed by atoms with Gasteiger partial charge in [0, 0.05) is 5.56 Å². The molecule has 0 radical (unpaired) electrons. The van der Waals surface area contributed by atoms with E-state index >= 15 is 0 Å². The Kier molecular flexibility index (Phi) is 4.36. The fraction of sp³-hybridized carbons (Fsp3) is 0.211. The molecule has 0 aliphatic carbocycles. The standard InChI is InChI=1S/C19H19FN2O2/c1-12-4-5-14(10-17(12)20)19-11-18(13(2)23)21-22(19)15-6-8-16(24-3)9-7-15/h4-11,13,23H,1-3H3. The number of aromatic nitrogens is 2. The molecule has 0 spiro atoms. The number of aliphatic hydroxyl groups is 1. The Morgan fingerprint density at radius 1 is 1.12 bits per heavy atom. The predicted molar refractivity (Wildman–Crippen MR) is 90.9 cm³/mol. The van der Waals surface area contributed by atoms with Crippen LogP contribution in [-0.4, -0.2) is 22.0 Å². The van der Waals surface area contributed by atoms with Crippen LogP contribution in [0.15, 0.2) is 48.5 Å². The average Bonchev–Trinajstić information content (AvgIpc) is 3.03. The quantitative estimate of drug-likeness (QED) is 0.787. The number of benzene rings is 2. The molecule has 4 nitrogen and oxygen atoms in total. The molecule has 0 amide bonds. The van der Waals surface area contributed by atoms with Gasteiger partial charge in [0.15, 0.2) is 0 Å². The van der Waals surface area contributed by atoms with Gasteiger partial charge in [0.2, 0.25) is 0 Å². The van der Waals surface area contributed by atoms with Crippen LogP contribution in [0, 0.1) is 12.7 Å². The number of halogens is 1. The van der Waals surface area contributed by atoms with Crippen LogP contribution < -0.4 is 4.74 Å². The molecule has 1 atom stereocenters. The first-order chi connectivity index (χ1) is 11.5. The minimum atomic E-state index is -0.710. The summed E-state index contributed by atoms with van der Waals surface area (Å²) >= 11 is 0. The molecule has 2 aromatic carbocycles. The number of aryl methyl sites for hydroxylation is 1. The second-order valence-corrected chi connectivity index (χ2v) is 5.70. The molecule has 0 saturated carbocycles. The minimum absolute atomic E-state index is 0.270. The topological polar surface area (TPSA) is 47.3 Å². The smallest absolute Gasteiger partial charge is 0.126 e. The lowest BCUT2D eigenvalue weighted by molar-refractivity contribution is 0.193. The highest BCUT2D eigenvalue weighted by Gasteiger charge is 2.15. The van der Waals surface area contributed by atoms with E-state index in [9.17, 15) is 9.50 Å². The van der Waals surface area contributed by atoms with E-state index < -0.39 is 6.10 Å². The third-order valence-corrected chi connectivity index (χ3v) is 3.94. The molecule has 5 heteroatoms. The molecule has 0 saturated heterocycles. The Balaban J connectivity index is 2.14. The molecule has 0 aliphatic heterocycles. The Labute approximate surface area is 140 Å². The molecule has 1 unspecified atom stereocenters. The van der Waals surface area contributed by atoms with Crippen LogP contribution in [0.3, 0.4) is 0 Å². The molecule has 3 aromatic rings. The summed E-state index contributed by atoms with van der Waals surface area (Å²) in [5.41, 5.74) is 3.34. The van der Waals surface area contributed by atoms with Crippen molar-refractivity contribution < 1.29 is 14.2 Å². The van der Waals surface area contributed by atoms with Crippen molar-refractivity contribution in [3.8, 4) is 22.7 Å². The highest BCUT2D eigenvalue weighted by molar-refractivity contribution is 5.63. The largest absolute Gasteiger partial charge is 0.497 e. The lowest BCUT2D eigenvalue weighted by Crippen LogP contribution is -2.01. The molecule has 1 heterocycles. The van der Waals surface area contributed by atoms with Crippen LogP contribution in [-0.2, 0) is 0 Å². The lowest BCUT2D eigenvalue weighted by Gasteiger charge is -2.09. The maximum atomic E-state index is 14.0. The van der Waals surface area contributed by atoms with Gasteiger partial charge in [-0.2, -0.15) is 5.10 Å². The van der Waals surface area contributed by atoms with Crippen molar-refractivity contribution in [1.82, 2.24) is 9.78 Å². The van der Waals surface area contributed by atoms with Crippen molar-refractivity contribution >= 4 is 0 Å². The number of hydrogen-bond acceptors (Lipinski definition) is 3. The summed E-state index contributed by atoms with van der Waals surface area (Å²) in [6.07, 6.45) is -0.710. The zero-order valence-electron chi connectivity index (χ0n) is 13.8. The van der Waals surface area contributed by atoms with Crippen LogP contribution in [0.5, 0.6) is 5.75 Å². The van der Waals surface area contributed by atoms with Crippen LogP contribution in [0.1, 0.15) is 24.3 Å². The van der Waals surface area contributed by atoms with Crippen molar-refractivity contribution in [3.05, 3.63) is 65.6 Å². The zero-order valence-corrected chi connectivity index (χ0v) is 13.8. The molecule has 0 bridgehead atoms. The zero-order chi connectivity index (χ0) is 17.3. The van der Waals surface area contributed by atoms with Crippen LogP contribution in [0.4, 0.5) is 4.39 Å². The highest BCUT2D eigenvalue weighted by Crippen LogP contribution is 2.28. The molecule has 24 heavy (non-hydrogen) atoms. The first-order valence-corrected chi connectivity index (χ1v) is 7.68. The third-order valence-electron chi connectivity index (χ3n) is 3.94. The molecule has 0 aliphatic rings. The Morgan fingerprint density at radius 2 is 1.83 bits per heavy atom. The number of rotatable bonds is 4. The van der Waals surface area contributed by atoms with Gasteiger partial charge >= 0.3 is 0 Å². The van der Waals surface area contributed by atoms with Crippen molar-refractivity contribution in [2.24, 2.45) is 0 Å². The second kappa shape index (κ2) is 6.45. The van der Waals surface area contributed by atoms with Gasteiger partial charge in [0.1, 0.15) is 11.6 Å². The normalized spacial score (nSPS) is 12.2. The minimum Gasteiger partial charge on any atom is -0.497 e. The van der Waals surface area contributed by atoms with E-state index in [1.165, 1.54) is 6.07 Å². The molecular weight excluding hydrogens is 307 g/mol. The lowest BCUT2D eigenvalue weighted by atomic mass is 10.1. The van der Waals surface area contributed by atoms with Gasteiger partial charge in [-0.25, -0.2) is 9.07 Å². The maximum Gasteiger partial charge on any atom is 0.126 e. The van der Waals surface area contributed by atoms with E-state index in [0.717, 1.165) is 17.1 Å². The third kappa shape index (κ3) is 3.03. The van der Waals surface area contributed by atoms with Crippen molar-refractivity contribution in [3.63, 3.8) is 0 Å². The van der Waals surface area contributed by atoms with E-state index in [-0.39, 0.29) is 5.82 Å². The summed E-state index contributed by atoms with van der Waals surface area (Å²) in [4.78, 5) is 0. The van der Waals surface area contributed by atoms with Gasteiger partial charge in [-0.3, -0.25) is 0 Å². The van der Waals surface area contributed by atoms with Gasteiger partial charge in [-0.15, -0.1) is 0 Å². The molecule has 1 aromatic heterocycles. The van der Waals surface area contributed by atoms with Crippen LogP contribution in [0.25, 0.3) is 16.9 Å². The van der Waals surface area contributed by atoms with Crippen molar-refractivity contribution in [2.45, 2.75) is 20.0 Å². The summed E-state index contributed by atoms with van der Waals surface area (Å²) in [6, 6.07) is 14.2. The predicted octanol–water partition coefficient (Wildman–Crippen LogP) is 4.05. The van der Waals surface area contributed by atoms with E-state index in [0.29, 0.717) is 16.8 Å². The number of methoxy groups -OCH3 is 1. The van der Waals surface area contributed by atoms with E-state index in [4.69, 9.17) is 4.74 Å². The molecule has 3 rings (SSSR count). The van der Waals surface area contributed by atoms with E-state index in [2.05, 4.69) is 5.10 Å². The summed E-state index contributed by atoms with van der Waals surface area (Å²) in [5.74, 6) is 0.471. The fourth-order valence-electron chi connectivity index (χ4n) is 2.48. The summed E-state index contributed by atoms with van der Waals surface area (Å²) < 4.78 is 20.8. The number of ether oxygens (including phenoxy) is 1. The molecule has 124 valence electrons. The fourth-order valence-corrected chi connectivity index (χ4v) is 2.48.